The van der Waals surface area contributed by atoms with Gasteiger partial charge in [0.15, 0.2) is 0 Å². The predicted octanol–water partition coefficient (Wildman–Crippen LogP) is 2.23. The van der Waals surface area contributed by atoms with Gasteiger partial charge in [0.25, 0.3) is 5.91 Å². The minimum absolute atomic E-state index is 0.0540. The highest BCUT2D eigenvalue weighted by molar-refractivity contribution is 5.94. The van der Waals surface area contributed by atoms with Crippen molar-refractivity contribution in [3.05, 3.63) is 35.9 Å². The molecule has 5 nitrogen and oxygen atoms in total. The van der Waals surface area contributed by atoms with Gasteiger partial charge in [-0.25, -0.2) is 0 Å². The third kappa shape index (κ3) is 5.74. The van der Waals surface area contributed by atoms with E-state index in [9.17, 15) is 22.8 Å². The highest BCUT2D eigenvalue weighted by Crippen LogP contribution is 2.24. The lowest BCUT2D eigenvalue weighted by Gasteiger charge is -2.37. The van der Waals surface area contributed by atoms with Crippen molar-refractivity contribution in [3.8, 4) is 0 Å². The number of carbonyl (C=O) groups is 2. The molecule has 1 aromatic carbocycles. The summed E-state index contributed by atoms with van der Waals surface area (Å²) in [6.45, 7) is 0.845. The third-order valence-electron chi connectivity index (χ3n) is 4.04. The number of hydrogen-bond acceptors (Lipinski definition) is 4. The molecule has 0 saturated carbocycles. The molecule has 1 aliphatic rings. The van der Waals surface area contributed by atoms with E-state index in [4.69, 9.17) is 4.74 Å². The van der Waals surface area contributed by atoms with Crippen LogP contribution in [0.2, 0.25) is 0 Å². The largest absolute Gasteiger partial charge is 0.466 e. The molecule has 0 bridgehead atoms. The number of likely N-dealkylation sites (tertiary alicyclic amines) is 1. The second kappa shape index (κ2) is 8.33. The summed E-state index contributed by atoms with van der Waals surface area (Å²) in [5.41, 5.74) is 0.387. The van der Waals surface area contributed by atoms with Gasteiger partial charge in [-0.3, -0.25) is 14.5 Å². The van der Waals surface area contributed by atoms with Gasteiger partial charge >= 0.3 is 12.1 Å². The van der Waals surface area contributed by atoms with Gasteiger partial charge in [0, 0.05) is 12.1 Å². The van der Waals surface area contributed by atoms with Crippen molar-refractivity contribution in [3.63, 3.8) is 0 Å². The maximum Gasteiger partial charge on any atom is 0.401 e. The zero-order chi connectivity index (χ0) is 18.4. The van der Waals surface area contributed by atoms with Crippen LogP contribution < -0.4 is 5.32 Å². The van der Waals surface area contributed by atoms with E-state index in [1.165, 1.54) is 4.90 Å². The molecule has 1 saturated heterocycles. The van der Waals surface area contributed by atoms with Crippen LogP contribution in [0.25, 0.3) is 0 Å². The molecule has 0 aliphatic carbocycles. The first kappa shape index (κ1) is 19.2. The molecule has 1 fully saturated rings. The molecule has 0 radical (unpaired) electrons. The fourth-order valence-electron chi connectivity index (χ4n) is 2.94. The monoisotopic (exact) mass is 358 g/mol. The van der Waals surface area contributed by atoms with E-state index in [-0.39, 0.29) is 26.1 Å². The average Bonchev–Trinajstić information content (AvgIpc) is 2.54. The number of ether oxygens (including phenoxy) is 1. The van der Waals surface area contributed by atoms with Gasteiger partial charge in [-0.1, -0.05) is 18.2 Å². The summed E-state index contributed by atoms with van der Waals surface area (Å²) in [5, 5.41) is 2.69. The van der Waals surface area contributed by atoms with E-state index in [2.05, 4.69) is 5.32 Å². The lowest BCUT2D eigenvalue weighted by molar-refractivity contribution is -0.157. The molecule has 1 heterocycles. The molecular formula is C17H21F3N2O3. The van der Waals surface area contributed by atoms with Crippen LogP contribution in [-0.2, 0) is 9.53 Å². The number of hydrogen-bond donors (Lipinski definition) is 1. The zero-order valence-electron chi connectivity index (χ0n) is 13.9. The van der Waals surface area contributed by atoms with E-state index in [0.717, 1.165) is 0 Å². The Morgan fingerprint density at radius 1 is 1.28 bits per heavy atom. The van der Waals surface area contributed by atoms with Crippen LogP contribution >= 0.6 is 0 Å². The van der Waals surface area contributed by atoms with Crippen molar-refractivity contribution >= 4 is 11.9 Å². The standard InChI is InChI=1S/C17H21F3N2O3/c1-2-25-16(24)13-8-9-22(11-17(18,19)20)10-14(13)21-15(23)12-6-4-3-5-7-12/h3-7,13-14H,2,8-11H2,1H3,(H,21,23)/t13-,14-/m0/s1. The van der Waals surface area contributed by atoms with Crippen molar-refractivity contribution in [2.75, 3.05) is 26.2 Å². The first-order valence-electron chi connectivity index (χ1n) is 8.12. The summed E-state index contributed by atoms with van der Waals surface area (Å²) in [6.07, 6.45) is -4.13. The second-order valence-corrected chi connectivity index (χ2v) is 5.94. The zero-order valence-corrected chi connectivity index (χ0v) is 13.9. The van der Waals surface area contributed by atoms with E-state index in [1.807, 2.05) is 0 Å². The van der Waals surface area contributed by atoms with Gasteiger partial charge in [-0.2, -0.15) is 13.2 Å². The quantitative estimate of drug-likeness (QED) is 0.820. The number of carbonyl (C=O) groups excluding carboxylic acids is 2. The average molecular weight is 358 g/mol. The SMILES string of the molecule is CCOC(=O)[C@H]1CCN(CC(F)(F)F)C[C@@H]1NC(=O)c1ccccc1. The minimum atomic E-state index is -4.33. The molecule has 8 heteroatoms. The van der Waals surface area contributed by atoms with Crippen LogP contribution in [0.3, 0.4) is 0 Å². The van der Waals surface area contributed by atoms with Gasteiger partial charge in [0.05, 0.1) is 25.1 Å². The smallest absolute Gasteiger partial charge is 0.401 e. The van der Waals surface area contributed by atoms with Crippen LogP contribution in [-0.4, -0.2) is 55.2 Å². The van der Waals surface area contributed by atoms with Gasteiger partial charge in [-0.15, -0.1) is 0 Å². The van der Waals surface area contributed by atoms with E-state index >= 15 is 0 Å². The van der Waals surface area contributed by atoms with Gasteiger partial charge in [0.1, 0.15) is 0 Å². The molecule has 1 aromatic rings. The number of halogens is 3. The summed E-state index contributed by atoms with van der Waals surface area (Å²) in [7, 11) is 0. The molecule has 25 heavy (non-hydrogen) atoms. The summed E-state index contributed by atoms with van der Waals surface area (Å²) in [5.74, 6) is -1.57. The number of amides is 1. The Morgan fingerprint density at radius 3 is 2.56 bits per heavy atom. The number of benzene rings is 1. The van der Waals surface area contributed by atoms with Crippen molar-refractivity contribution in [1.29, 1.82) is 0 Å². The predicted molar refractivity (Wildman–Crippen MR) is 84.9 cm³/mol. The van der Waals surface area contributed by atoms with Gasteiger partial charge in [-0.05, 0) is 32.0 Å². The first-order chi connectivity index (χ1) is 11.8. The Bertz CT molecular complexity index is 593. The molecule has 1 N–H and O–H groups in total. The third-order valence-corrected chi connectivity index (χ3v) is 4.04. The fourth-order valence-corrected chi connectivity index (χ4v) is 2.94. The minimum Gasteiger partial charge on any atom is -0.466 e. The van der Waals surface area contributed by atoms with Gasteiger partial charge in [0.2, 0.25) is 0 Å². The number of nitrogens with zero attached hydrogens (tertiary/aromatic N) is 1. The number of piperidine rings is 1. The van der Waals surface area contributed by atoms with E-state index in [1.54, 1.807) is 37.3 Å². The molecule has 0 unspecified atom stereocenters. The van der Waals surface area contributed by atoms with Crippen LogP contribution in [0.1, 0.15) is 23.7 Å². The van der Waals surface area contributed by atoms with E-state index < -0.39 is 36.6 Å². The van der Waals surface area contributed by atoms with Crippen LogP contribution in [0.5, 0.6) is 0 Å². The van der Waals surface area contributed by atoms with Crippen molar-refractivity contribution in [2.24, 2.45) is 5.92 Å². The summed E-state index contributed by atoms with van der Waals surface area (Å²) in [4.78, 5) is 25.6. The number of alkyl halides is 3. The maximum atomic E-state index is 12.7. The molecule has 0 spiro atoms. The lowest BCUT2D eigenvalue weighted by atomic mass is 9.91. The van der Waals surface area contributed by atoms with Gasteiger partial charge < -0.3 is 10.1 Å². The van der Waals surface area contributed by atoms with Crippen molar-refractivity contribution in [1.82, 2.24) is 10.2 Å². The lowest BCUT2D eigenvalue weighted by Crippen LogP contribution is -2.56. The first-order valence-corrected chi connectivity index (χ1v) is 8.12. The topological polar surface area (TPSA) is 58.6 Å². The number of esters is 1. The van der Waals surface area contributed by atoms with Crippen LogP contribution in [0.4, 0.5) is 13.2 Å². The Labute approximate surface area is 144 Å². The molecule has 138 valence electrons. The number of rotatable bonds is 5. The summed E-state index contributed by atoms with van der Waals surface area (Å²) < 4.78 is 43.0. The molecule has 2 atom stereocenters. The van der Waals surface area contributed by atoms with Crippen molar-refractivity contribution in [2.45, 2.75) is 25.6 Å². The van der Waals surface area contributed by atoms with Crippen LogP contribution in [0, 0.1) is 5.92 Å². The molecule has 2 rings (SSSR count). The van der Waals surface area contributed by atoms with Crippen molar-refractivity contribution < 1.29 is 27.5 Å². The Morgan fingerprint density at radius 2 is 1.96 bits per heavy atom. The Hall–Kier alpha value is -2.09. The molecular weight excluding hydrogens is 337 g/mol. The van der Waals surface area contributed by atoms with Crippen LogP contribution in [0.15, 0.2) is 30.3 Å². The second-order valence-electron chi connectivity index (χ2n) is 5.94. The summed E-state index contributed by atoms with van der Waals surface area (Å²) >= 11 is 0. The molecule has 0 aromatic heterocycles. The highest BCUT2D eigenvalue weighted by Gasteiger charge is 2.40. The Balaban J connectivity index is 2.10. The fraction of sp³-hybridized carbons (Fsp3) is 0.529. The molecule has 1 aliphatic heterocycles. The number of nitrogens with one attached hydrogen (secondary N) is 1. The highest BCUT2D eigenvalue weighted by atomic mass is 19.4. The summed E-state index contributed by atoms with van der Waals surface area (Å²) in [6, 6.07) is 7.60. The molecule has 1 amide bonds. The normalized spacial score (nSPS) is 21.6. The Kier molecular flexibility index (Phi) is 6.41. The van der Waals surface area contributed by atoms with E-state index in [0.29, 0.717) is 5.56 Å². The maximum absolute atomic E-state index is 12.7.